The molecule has 0 aromatic rings. The summed E-state index contributed by atoms with van der Waals surface area (Å²) in [5.74, 6) is 0.497. The van der Waals surface area contributed by atoms with Crippen LogP contribution in [-0.2, 0) is 47.4 Å². The van der Waals surface area contributed by atoms with Crippen molar-refractivity contribution in [3.8, 4) is 0 Å². The lowest BCUT2D eigenvalue weighted by molar-refractivity contribution is -0.334. The van der Waals surface area contributed by atoms with E-state index in [0.29, 0.717) is 24.9 Å². The fraction of sp³-hybridized carbons (Fsp3) is 0.932. The predicted octanol–water partition coefficient (Wildman–Crippen LogP) is 5.05. The van der Waals surface area contributed by atoms with Gasteiger partial charge in [-0.3, -0.25) is 0 Å². The first kappa shape index (κ1) is 41.1. The number of hydrogen-bond acceptors (Lipinski definition) is 13. The number of rotatable bonds is 7. The topological polar surface area (TPSA) is 161 Å². The van der Waals surface area contributed by atoms with Gasteiger partial charge in [0.15, 0.2) is 24.7 Å². The van der Waals surface area contributed by atoms with E-state index in [1.54, 1.807) is 6.08 Å². The van der Waals surface area contributed by atoms with E-state index in [1.807, 2.05) is 34.6 Å². The maximum absolute atomic E-state index is 12.6. The summed E-state index contributed by atoms with van der Waals surface area (Å²) < 4.78 is 55.3. The normalized spacial score (nSPS) is 54.6. The Morgan fingerprint density at radius 2 is 1.35 bits per heavy atom. The minimum absolute atomic E-state index is 0.0389. The molecule has 4 saturated heterocycles. The van der Waals surface area contributed by atoms with Gasteiger partial charge in [0.2, 0.25) is 0 Å². The van der Waals surface area contributed by atoms with Crippen molar-refractivity contribution in [2.75, 3.05) is 6.61 Å². The van der Waals surface area contributed by atoms with Crippen LogP contribution in [-0.4, -0.2) is 119 Å². The van der Waals surface area contributed by atoms with Gasteiger partial charge in [-0.1, -0.05) is 13.8 Å². The van der Waals surface area contributed by atoms with Gasteiger partial charge in [0.25, 0.3) is 0 Å². The standard InChI is InChI=1S/C44H68O13/c1-22-38(54-36-19-32(46)39(23(2)51-36)55-37-20-33-40(24(3)52-37)57-41(4,5)56-33)31(45)18-35(50-22)53-27-10-13-42(6)26(17-27)8-9-30-29(42)11-14-43(7)28(12-15-44(30,43)48)25-16-34(47)49-21-25/h16,22-24,26-33,35-40,45-46,48H,8-15,17-21H2,1-7H3. The number of carbonyl (C=O) groups is 1. The number of ether oxygens (including phenoxy) is 9. The molecule has 9 aliphatic rings. The molecule has 57 heavy (non-hydrogen) atoms. The minimum Gasteiger partial charge on any atom is -0.458 e. The molecular weight excluding hydrogens is 736 g/mol. The van der Waals surface area contributed by atoms with E-state index in [2.05, 4.69) is 13.8 Å². The van der Waals surface area contributed by atoms with E-state index < -0.39 is 66.9 Å². The third kappa shape index (κ3) is 7.18. The zero-order chi connectivity index (χ0) is 40.2. The lowest BCUT2D eigenvalue weighted by atomic mass is 9.43. The molecule has 3 N–H and O–H groups in total. The number of aliphatic hydroxyl groups is 3. The van der Waals surface area contributed by atoms with Crippen molar-refractivity contribution >= 4 is 5.97 Å². The molecule has 8 fully saturated rings. The second kappa shape index (κ2) is 15.0. The number of cyclic esters (lactones) is 1. The lowest BCUT2D eigenvalue weighted by Crippen LogP contribution is -2.62. The van der Waals surface area contributed by atoms with Crippen LogP contribution in [0.1, 0.15) is 126 Å². The zero-order valence-electron chi connectivity index (χ0n) is 35.0. The molecule has 0 aromatic carbocycles. The molecule has 0 spiro atoms. The van der Waals surface area contributed by atoms with E-state index in [4.69, 9.17) is 42.6 Å². The highest BCUT2D eigenvalue weighted by molar-refractivity contribution is 5.85. The van der Waals surface area contributed by atoms with Crippen LogP contribution in [0.5, 0.6) is 0 Å². The molecule has 5 aliphatic heterocycles. The first-order valence-corrected chi connectivity index (χ1v) is 22.2. The molecule has 0 aromatic heterocycles. The number of aliphatic hydroxyl groups excluding tert-OH is 2. The molecule has 13 heteroatoms. The van der Waals surface area contributed by atoms with E-state index in [9.17, 15) is 20.1 Å². The largest absolute Gasteiger partial charge is 0.458 e. The fourth-order valence-electron chi connectivity index (χ4n) is 13.8. The highest BCUT2D eigenvalue weighted by Crippen LogP contribution is 2.70. The maximum Gasteiger partial charge on any atom is 0.331 e. The fourth-order valence-corrected chi connectivity index (χ4v) is 13.8. The highest BCUT2D eigenvalue weighted by atomic mass is 16.8. The first-order chi connectivity index (χ1) is 27.0. The molecule has 0 bridgehead atoms. The van der Waals surface area contributed by atoms with Crippen molar-refractivity contribution in [3.05, 3.63) is 11.6 Å². The minimum atomic E-state index is -0.861. The van der Waals surface area contributed by atoms with Gasteiger partial charge in [0.1, 0.15) is 24.9 Å². The average molecular weight is 805 g/mol. The molecule has 20 unspecified atom stereocenters. The Balaban J connectivity index is 0.756. The molecule has 322 valence electrons. The van der Waals surface area contributed by atoms with Crippen molar-refractivity contribution in [2.45, 2.75) is 217 Å². The lowest BCUT2D eigenvalue weighted by Gasteiger charge is -2.64. The third-order valence-electron chi connectivity index (χ3n) is 16.7. The number of esters is 1. The van der Waals surface area contributed by atoms with Crippen molar-refractivity contribution < 1.29 is 62.7 Å². The van der Waals surface area contributed by atoms with Gasteiger partial charge in [-0.15, -0.1) is 0 Å². The second-order valence-corrected chi connectivity index (χ2v) is 20.3. The van der Waals surface area contributed by atoms with Crippen molar-refractivity contribution in [3.63, 3.8) is 0 Å². The smallest absolute Gasteiger partial charge is 0.331 e. The van der Waals surface area contributed by atoms with Gasteiger partial charge in [0.05, 0.1) is 48.3 Å². The van der Waals surface area contributed by atoms with Gasteiger partial charge in [-0.05, 0) is 127 Å². The molecule has 0 amide bonds. The van der Waals surface area contributed by atoms with Gasteiger partial charge >= 0.3 is 5.97 Å². The zero-order valence-corrected chi connectivity index (χ0v) is 35.0. The summed E-state index contributed by atoms with van der Waals surface area (Å²) in [6.45, 7) is 14.6. The van der Waals surface area contributed by atoms with Crippen molar-refractivity contribution in [2.24, 2.45) is 34.5 Å². The molecule has 9 rings (SSSR count). The third-order valence-corrected chi connectivity index (χ3v) is 16.7. The van der Waals surface area contributed by atoms with Crippen LogP contribution < -0.4 is 0 Å². The van der Waals surface area contributed by atoms with Crippen LogP contribution in [0.4, 0.5) is 0 Å². The van der Waals surface area contributed by atoms with Gasteiger partial charge < -0.3 is 58.0 Å². The molecule has 4 aliphatic carbocycles. The predicted molar refractivity (Wildman–Crippen MR) is 203 cm³/mol. The summed E-state index contributed by atoms with van der Waals surface area (Å²) in [4.78, 5) is 11.9. The first-order valence-electron chi connectivity index (χ1n) is 22.2. The molecule has 0 radical (unpaired) electrons. The summed E-state index contributed by atoms with van der Waals surface area (Å²) in [5.41, 5.74) is 0.246. The summed E-state index contributed by atoms with van der Waals surface area (Å²) >= 11 is 0. The monoisotopic (exact) mass is 804 g/mol. The summed E-state index contributed by atoms with van der Waals surface area (Å²) in [7, 11) is 0. The van der Waals surface area contributed by atoms with Crippen LogP contribution in [0, 0.1) is 34.5 Å². The van der Waals surface area contributed by atoms with Gasteiger partial charge in [-0.25, -0.2) is 4.79 Å². The second-order valence-electron chi connectivity index (χ2n) is 20.3. The Morgan fingerprint density at radius 3 is 2.00 bits per heavy atom. The van der Waals surface area contributed by atoms with Crippen molar-refractivity contribution in [1.29, 1.82) is 0 Å². The van der Waals surface area contributed by atoms with Crippen LogP contribution in [0.15, 0.2) is 11.6 Å². The number of fused-ring (bicyclic) bond motifs is 6. The van der Waals surface area contributed by atoms with Crippen LogP contribution in [0.2, 0.25) is 0 Å². The Kier molecular flexibility index (Phi) is 10.8. The molecule has 5 heterocycles. The highest BCUT2D eigenvalue weighted by Gasteiger charge is 2.68. The summed E-state index contributed by atoms with van der Waals surface area (Å²) in [5, 5.41) is 35.2. The van der Waals surface area contributed by atoms with Crippen LogP contribution >= 0.6 is 0 Å². The molecule has 13 nitrogen and oxygen atoms in total. The van der Waals surface area contributed by atoms with Crippen LogP contribution in [0.25, 0.3) is 0 Å². The van der Waals surface area contributed by atoms with Crippen molar-refractivity contribution in [1.82, 2.24) is 0 Å². The summed E-state index contributed by atoms with van der Waals surface area (Å²) in [6, 6.07) is 0. The molecule has 20 atom stereocenters. The van der Waals surface area contributed by atoms with E-state index in [-0.39, 0.29) is 65.9 Å². The Morgan fingerprint density at radius 1 is 0.702 bits per heavy atom. The maximum atomic E-state index is 12.6. The molecular formula is C44H68O13. The van der Waals surface area contributed by atoms with E-state index >= 15 is 0 Å². The Labute approximate surface area is 337 Å². The van der Waals surface area contributed by atoms with E-state index in [1.165, 1.54) is 0 Å². The average Bonchev–Trinajstić information content (AvgIpc) is 3.79. The number of carbonyl (C=O) groups excluding carboxylic acids is 1. The van der Waals surface area contributed by atoms with Gasteiger partial charge in [0, 0.05) is 30.8 Å². The quantitative estimate of drug-likeness (QED) is 0.232. The van der Waals surface area contributed by atoms with Gasteiger partial charge in [-0.2, -0.15) is 0 Å². The summed E-state index contributed by atoms with van der Waals surface area (Å²) in [6.07, 6.45) is 5.18. The van der Waals surface area contributed by atoms with Crippen LogP contribution in [0.3, 0.4) is 0 Å². The SMILES string of the molecule is CC1OC(OC2CCC3(C)C(CCC4C3CCC3(C)C(C5=CC(=O)OC5)CCC43O)C2)CC(O)C1OC1CC(O)C(OC2CC3OC(C)(C)OC3C(C)O2)C(C)O1. The Bertz CT molecular complexity index is 1510. The Hall–Kier alpha value is -1.23. The number of hydrogen-bond donors (Lipinski definition) is 3. The molecule has 4 saturated carbocycles. The van der Waals surface area contributed by atoms with E-state index in [0.717, 1.165) is 63.4 Å².